The van der Waals surface area contributed by atoms with E-state index in [-0.39, 0.29) is 5.91 Å². The van der Waals surface area contributed by atoms with E-state index in [2.05, 4.69) is 26.2 Å². The smallest absolute Gasteiger partial charge is 0.220 e. The first-order valence-electron chi connectivity index (χ1n) is 8.41. The summed E-state index contributed by atoms with van der Waals surface area (Å²) in [6, 6.07) is 4.29. The summed E-state index contributed by atoms with van der Waals surface area (Å²) in [7, 11) is 0. The Kier molecular flexibility index (Phi) is 5.22. The van der Waals surface area contributed by atoms with Crippen molar-refractivity contribution in [1.29, 1.82) is 5.26 Å². The van der Waals surface area contributed by atoms with Crippen molar-refractivity contribution in [2.24, 2.45) is 0 Å². The molecule has 1 atom stereocenters. The highest BCUT2D eigenvalue weighted by Crippen LogP contribution is 2.27. The highest BCUT2D eigenvalue weighted by molar-refractivity contribution is 6.33. The molecule has 1 N–H and O–H groups in total. The molecule has 6 nitrogen and oxygen atoms in total. The predicted molar refractivity (Wildman–Crippen MR) is 93.1 cm³/mol. The van der Waals surface area contributed by atoms with Gasteiger partial charge in [0.15, 0.2) is 0 Å². The van der Waals surface area contributed by atoms with Gasteiger partial charge < -0.3 is 10.2 Å². The monoisotopic (exact) mass is 347 g/mol. The van der Waals surface area contributed by atoms with Gasteiger partial charge in [-0.2, -0.15) is 5.26 Å². The third-order valence-corrected chi connectivity index (χ3v) is 5.18. The number of halogens is 1. The van der Waals surface area contributed by atoms with Crippen LogP contribution >= 0.6 is 11.6 Å². The Morgan fingerprint density at radius 3 is 2.79 bits per heavy atom. The van der Waals surface area contributed by atoms with E-state index in [4.69, 9.17) is 16.9 Å². The summed E-state index contributed by atoms with van der Waals surface area (Å²) in [6.45, 7) is 6.20. The normalized spacial score (nSPS) is 22.6. The van der Waals surface area contributed by atoms with E-state index >= 15 is 0 Å². The van der Waals surface area contributed by atoms with Gasteiger partial charge >= 0.3 is 0 Å². The van der Waals surface area contributed by atoms with Gasteiger partial charge in [0, 0.05) is 45.2 Å². The third-order valence-electron chi connectivity index (χ3n) is 4.90. The molecule has 1 aromatic heterocycles. The highest BCUT2D eigenvalue weighted by atomic mass is 35.5. The molecule has 2 aliphatic rings. The Morgan fingerprint density at radius 1 is 1.33 bits per heavy atom. The van der Waals surface area contributed by atoms with E-state index in [0.717, 1.165) is 51.4 Å². The number of carbonyl (C=O) groups is 1. The molecule has 24 heavy (non-hydrogen) atoms. The fourth-order valence-electron chi connectivity index (χ4n) is 3.48. The Labute approximate surface area is 147 Å². The van der Waals surface area contributed by atoms with Crippen LogP contribution in [0.5, 0.6) is 0 Å². The van der Waals surface area contributed by atoms with Gasteiger partial charge in [0.2, 0.25) is 5.91 Å². The van der Waals surface area contributed by atoms with Crippen molar-refractivity contribution in [3.63, 3.8) is 0 Å². The average molecular weight is 348 g/mol. The van der Waals surface area contributed by atoms with Crippen LogP contribution in [0.4, 0.5) is 5.82 Å². The Morgan fingerprint density at radius 2 is 2.08 bits per heavy atom. The van der Waals surface area contributed by atoms with Crippen LogP contribution in [0.15, 0.2) is 6.07 Å². The standard InChI is InChI=1S/C17H22ClN5O/c1-12-13(11-19)10-15(18)17(21-12)23-8-6-22(7-9-23)14-2-3-16(24)20-5-4-14/h10,14H,2-9H2,1H3,(H,20,24). The van der Waals surface area contributed by atoms with Gasteiger partial charge in [-0.25, -0.2) is 4.98 Å². The largest absolute Gasteiger partial charge is 0.356 e. The van der Waals surface area contributed by atoms with Crippen molar-refractivity contribution in [3.05, 3.63) is 22.3 Å². The first kappa shape index (κ1) is 17.0. The SMILES string of the molecule is Cc1nc(N2CCN(C3CCNC(=O)CC3)CC2)c(Cl)cc1C#N. The fourth-order valence-corrected chi connectivity index (χ4v) is 3.75. The zero-order valence-electron chi connectivity index (χ0n) is 13.9. The number of amides is 1. The van der Waals surface area contributed by atoms with Crippen LogP contribution < -0.4 is 10.2 Å². The summed E-state index contributed by atoms with van der Waals surface area (Å²) in [4.78, 5) is 20.7. The zero-order chi connectivity index (χ0) is 17.1. The maximum Gasteiger partial charge on any atom is 0.220 e. The number of hydrogen-bond donors (Lipinski definition) is 1. The van der Waals surface area contributed by atoms with Crippen LogP contribution in [0.3, 0.4) is 0 Å². The van der Waals surface area contributed by atoms with Crippen molar-refractivity contribution in [1.82, 2.24) is 15.2 Å². The molecule has 2 aliphatic heterocycles. The number of nitrogens with one attached hydrogen (secondary N) is 1. The molecule has 0 saturated carbocycles. The lowest BCUT2D eigenvalue weighted by Crippen LogP contribution is -2.50. The average Bonchev–Trinajstić information content (AvgIpc) is 2.81. The van der Waals surface area contributed by atoms with Crippen molar-refractivity contribution >= 4 is 23.3 Å². The van der Waals surface area contributed by atoms with Crippen LogP contribution in [0.25, 0.3) is 0 Å². The van der Waals surface area contributed by atoms with Crippen molar-refractivity contribution in [2.75, 3.05) is 37.6 Å². The number of aryl methyl sites for hydroxylation is 1. The number of piperazine rings is 1. The van der Waals surface area contributed by atoms with Crippen molar-refractivity contribution in [3.8, 4) is 6.07 Å². The molecule has 0 aliphatic carbocycles. The fraction of sp³-hybridized carbons (Fsp3) is 0.588. The maximum absolute atomic E-state index is 11.5. The molecule has 1 amide bonds. The molecule has 3 rings (SSSR count). The van der Waals surface area contributed by atoms with Crippen LogP contribution in [-0.2, 0) is 4.79 Å². The zero-order valence-corrected chi connectivity index (χ0v) is 14.6. The first-order valence-corrected chi connectivity index (χ1v) is 8.79. The van der Waals surface area contributed by atoms with E-state index < -0.39 is 0 Å². The lowest BCUT2D eigenvalue weighted by Gasteiger charge is -2.39. The van der Waals surface area contributed by atoms with Crippen LogP contribution in [0.1, 0.15) is 30.5 Å². The minimum atomic E-state index is 0.167. The molecular formula is C17H22ClN5O. The number of hydrogen-bond acceptors (Lipinski definition) is 5. The van der Waals surface area contributed by atoms with Crippen molar-refractivity contribution in [2.45, 2.75) is 32.2 Å². The highest BCUT2D eigenvalue weighted by Gasteiger charge is 2.27. The van der Waals surface area contributed by atoms with Gasteiger partial charge in [0.25, 0.3) is 0 Å². The molecule has 2 fully saturated rings. The number of carbonyl (C=O) groups excluding carboxylic acids is 1. The van der Waals surface area contributed by atoms with E-state index in [9.17, 15) is 4.79 Å². The van der Waals surface area contributed by atoms with Gasteiger partial charge in [-0.15, -0.1) is 0 Å². The number of anilines is 1. The van der Waals surface area contributed by atoms with E-state index in [1.54, 1.807) is 6.07 Å². The summed E-state index contributed by atoms with van der Waals surface area (Å²) in [5, 5.41) is 12.5. The molecule has 0 spiro atoms. The summed E-state index contributed by atoms with van der Waals surface area (Å²) in [5.74, 6) is 0.936. The molecule has 0 radical (unpaired) electrons. The minimum absolute atomic E-state index is 0.167. The third kappa shape index (κ3) is 3.63. The Bertz CT molecular complexity index is 664. The second-order valence-electron chi connectivity index (χ2n) is 6.39. The van der Waals surface area contributed by atoms with Gasteiger partial charge in [0.1, 0.15) is 11.9 Å². The topological polar surface area (TPSA) is 72.3 Å². The lowest BCUT2D eigenvalue weighted by atomic mass is 10.1. The van der Waals surface area contributed by atoms with E-state index in [1.165, 1.54) is 0 Å². The van der Waals surface area contributed by atoms with E-state index in [0.29, 0.717) is 28.7 Å². The molecule has 2 saturated heterocycles. The summed E-state index contributed by atoms with van der Waals surface area (Å²) in [5.41, 5.74) is 1.24. The van der Waals surface area contributed by atoms with Crippen LogP contribution in [0.2, 0.25) is 5.02 Å². The predicted octanol–water partition coefficient (Wildman–Crippen LogP) is 1.71. The molecule has 128 valence electrons. The number of nitriles is 1. The molecular weight excluding hydrogens is 326 g/mol. The number of aromatic nitrogens is 1. The van der Waals surface area contributed by atoms with Crippen molar-refractivity contribution < 1.29 is 4.79 Å². The van der Waals surface area contributed by atoms with Gasteiger partial charge in [-0.3, -0.25) is 9.69 Å². The Hall–Kier alpha value is -1.84. The number of rotatable bonds is 2. The molecule has 7 heteroatoms. The molecule has 1 aromatic rings. The molecule has 0 bridgehead atoms. The second kappa shape index (κ2) is 7.37. The maximum atomic E-state index is 11.5. The number of nitrogens with zero attached hydrogens (tertiary/aromatic N) is 4. The minimum Gasteiger partial charge on any atom is -0.356 e. The Balaban J connectivity index is 1.64. The second-order valence-corrected chi connectivity index (χ2v) is 6.80. The molecule has 0 aromatic carbocycles. The van der Waals surface area contributed by atoms with Gasteiger partial charge in [0.05, 0.1) is 16.3 Å². The molecule has 3 heterocycles. The molecule has 1 unspecified atom stereocenters. The summed E-state index contributed by atoms with van der Waals surface area (Å²) < 4.78 is 0. The quantitative estimate of drug-likeness (QED) is 0.881. The summed E-state index contributed by atoms with van der Waals surface area (Å²) >= 11 is 6.32. The van der Waals surface area contributed by atoms with Gasteiger partial charge in [-0.05, 0) is 25.8 Å². The lowest BCUT2D eigenvalue weighted by molar-refractivity contribution is -0.120. The number of pyridine rings is 1. The van der Waals surface area contributed by atoms with Crippen LogP contribution in [-0.4, -0.2) is 54.6 Å². The summed E-state index contributed by atoms with van der Waals surface area (Å²) in [6.07, 6.45) is 2.56. The van der Waals surface area contributed by atoms with Crippen LogP contribution in [0, 0.1) is 18.3 Å². The first-order chi connectivity index (χ1) is 11.6. The van der Waals surface area contributed by atoms with Gasteiger partial charge in [-0.1, -0.05) is 11.6 Å². The van der Waals surface area contributed by atoms with E-state index in [1.807, 2.05) is 6.92 Å².